The highest BCUT2D eigenvalue weighted by molar-refractivity contribution is 6.31. The molecule has 0 aliphatic carbocycles. The summed E-state index contributed by atoms with van der Waals surface area (Å²) < 4.78 is 5.80. The van der Waals surface area contributed by atoms with Gasteiger partial charge in [-0.1, -0.05) is 23.7 Å². The lowest BCUT2D eigenvalue weighted by atomic mass is 9.94. The SMILES string of the molecule is CNCCCOc1ccc(C2NCCc3c2[nH]c2ccc(Cl)cc32)cc1. The normalized spacial score (nSPS) is 16.6. The van der Waals surface area contributed by atoms with E-state index in [2.05, 4.69) is 52.0 Å². The van der Waals surface area contributed by atoms with Crippen molar-refractivity contribution < 1.29 is 4.74 Å². The molecule has 3 N–H and O–H groups in total. The molecule has 26 heavy (non-hydrogen) atoms. The summed E-state index contributed by atoms with van der Waals surface area (Å²) in [6.45, 7) is 2.66. The van der Waals surface area contributed by atoms with E-state index in [0.717, 1.165) is 48.8 Å². The first-order valence-electron chi connectivity index (χ1n) is 9.17. The molecule has 136 valence electrons. The van der Waals surface area contributed by atoms with Crippen molar-refractivity contribution in [3.8, 4) is 5.75 Å². The minimum Gasteiger partial charge on any atom is -0.494 e. The lowest BCUT2D eigenvalue weighted by Gasteiger charge is -2.25. The van der Waals surface area contributed by atoms with Gasteiger partial charge < -0.3 is 20.4 Å². The van der Waals surface area contributed by atoms with Gasteiger partial charge in [-0.05, 0) is 67.9 Å². The molecule has 1 aliphatic rings. The van der Waals surface area contributed by atoms with E-state index in [1.165, 1.54) is 22.2 Å². The van der Waals surface area contributed by atoms with Gasteiger partial charge in [0.1, 0.15) is 5.75 Å². The lowest BCUT2D eigenvalue weighted by Crippen LogP contribution is -2.30. The Labute approximate surface area is 158 Å². The van der Waals surface area contributed by atoms with Crippen molar-refractivity contribution in [2.24, 2.45) is 0 Å². The minimum absolute atomic E-state index is 0.170. The molecule has 0 bridgehead atoms. The Morgan fingerprint density at radius 2 is 2.04 bits per heavy atom. The standard InChI is InChI=1S/C21H24ClN3O/c1-23-10-2-12-26-16-6-3-14(4-7-16)20-21-17(9-11-24-20)18-13-15(22)5-8-19(18)25-21/h3-8,13,20,23-25H,2,9-12H2,1H3. The van der Waals surface area contributed by atoms with Crippen LogP contribution in [0.2, 0.25) is 5.02 Å². The van der Waals surface area contributed by atoms with Gasteiger partial charge in [-0.3, -0.25) is 0 Å². The van der Waals surface area contributed by atoms with E-state index in [1.54, 1.807) is 0 Å². The van der Waals surface area contributed by atoms with Gasteiger partial charge in [-0.2, -0.15) is 0 Å². The van der Waals surface area contributed by atoms with Crippen molar-refractivity contribution in [1.82, 2.24) is 15.6 Å². The lowest BCUT2D eigenvalue weighted by molar-refractivity contribution is 0.309. The fraction of sp³-hybridized carbons (Fsp3) is 0.333. The van der Waals surface area contributed by atoms with Crippen molar-refractivity contribution in [2.45, 2.75) is 18.9 Å². The third-order valence-corrected chi connectivity index (χ3v) is 5.20. The van der Waals surface area contributed by atoms with E-state index in [1.807, 2.05) is 13.1 Å². The average Bonchev–Trinajstić information content (AvgIpc) is 3.04. The highest BCUT2D eigenvalue weighted by atomic mass is 35.5. The summed E-state index contributed by atoms with van der Waals surface area (Å²) in [6.07, 6.45) is 2.02. The number of hydrogen-bond acceptors (Lipinski definition) is 3. The van der Waals surface area contributed by atoms with Crippen molar-refractivity contribution in [1.29, 1.82) is 0 Å². The molecule has 2 heterocycles. The topological polar surface area (TPSA) is 49.1 Å². The van der Waals surface area contributed by atoms with E-state index in [9.17, 15) is 0 Å². The van der Waals surface area contributed by atoms with Crippen molar-refractivity contribution in [3.05, 3.63) is 64.3 Å². The molecule has 1 unspecified atom stereocenters. The van der Waals surface area contributed by atoms with Crippen LogP contribution in [0.25, 0.3) is 10.9 Å². The molecule has 0 amide bonds. The summed E-state index contributed by atoms with van der Waals surface area (Å²) in [6, 6.07) is 14.7. The zero-order valence-corrected chi connectivity index (χ0v) is 15.7. The fourth-order valence-electron chi connectivity index (χ4n) is 3.68. The number of rotatable bonds is 6. The number of ether oxygens (including phenoxy) is 1. The molecule has 1 aliphatic heterocycles. The third kappa shape index (κ3) is 3.45. The number of hydrogen-bond donors (Lipinski definition) is 3. The molecule has 4 nitrogen and oxygen atoms in total. The molecule has 3 aromatic rings. The molecule has 2 aromatic carbocycles. The summed E-state index contributed by atoms with van der Waals surface area (Å²) in [7, 11) is 1.96. The van der Waals surface area contributed by atoms with Crippen LogP contribution in [-0.2, 0) is 6.42 Å². The maximum Gasteiger partial charge on any atom is 0.119 e. The minimum atomic E-state index is 0.170. The Morgan fingerprint density at radius 1 is 1.19 bits per heavy atom. The van der Waals surface area contributed by atoms with E-state index in [4.69, 9.17) is 16.3 Å². The molecular weight excluding hydrogens is 346 g/mol. The largest absolute Gasteiger partial charge is 0.494 e. The second-order valence-corrected chi connectivity index (χ2v) is 7.16. The monoisotopic (exact) mass is 369 g/mol. The maximum absolute atomic E-state index is 6.20. The predicted octanol–water partition coefficient (Wildman–Crippen LogP) is 4.04. The van der Waals surface area contributed by atoms with E-state index in [0.29, 0.717) is 0 Å². The van der Waals surface area contributed by atoms with Gasteiger partial charge in [0.2, 0.25) is 0 Å². The Kier molecular flexibility index (Phi) is 5.16. The second-order valence-electron chi connectivity index (χ2n) is 6.72. The van der Waals surface area contributed by atoms with Crippen LogP contribution in [0.5, 0.6) is 5.75 Å². The van der Waals surface area contributed by atoms with Crippen LogP contribution < -0.4 is 15.4 Å². The number of fused-ring (bicyclic) bond motifs is 3. The number of halogens is 1. The molecule has 0 saturated carbocycles. The van der Waals surface area contributed by atoms with Crippen molar-refractivity contribution >= 4 is 22.5 Å². The van der Waals surface area contributed by atoms with E-state index >= 15 is 0 Å². The van der Waals surface area contributed by atoms with E-state index in [-0.39, 0.29) is 6.04 Å². The van der Waals surface area contributed by atoms with Gasteiger partial charge in [0.15, 0.2) is 0 Å². The van der Waals surface area contributed by atoms with Gasteiger partial charge in [-0.25, -0.2) is 0 Å². The van der Waals surface area contributed by atoms with Crippen LogP contribution in [-0.4, -0.2) is 31.7 Å². The third-order valence-electron chi connectivity index (χ3n) is 4.97. The molecule has 0 saturated heterocycles. The number of benzene rings is 2. The van der Waals surface area contributed by atoms with Crippen LogP contribution >= 0.6 is 11.6 Å². The molecule has 0 radical (unpaired) electrons. The quantitative estimate of drug-likeness (QED) is 0.574. The Hall–Kier alpha value is -2.01. The predicted molar refractivity (Wildman–Crippen MR) is 107 cm³/mol. The summed E-state index contributed by atoms with van der Waals surface area (Å²) in [5, 5.41) is 8.79. The number of aromatic nitrogens is 1. The van der Waals surface area contributed by atoms with Crippen molar-refractivity contribution in [2.75, 3.05) is 26.7 Å². The zero-order valence-electron chi connectivity index (χ0n) is 14.9. The van der Waals surface area contributed by atoms with Crippen LogP contribution in [0, 0.1) is 0 Å². The van der Waals surface area contributed by atoms with Gasteiger partial charge >= 0.3 is 0 Å². The molecule has 1 atom stereocenters. The summed E-state index contributed by atoms with van der Waals surface area (Å²) in [5.74, 6) is 0.921. The van der Waals surface area contributed by atoms with Gasteiger partial charge in [0.05, 0.1) is 12.6 Å². The van der Waals surface area contributed by atoms with E-state index < -0.39 is 0 Å². The Morgan fingerprint density at radius 3 is 2.85 bits per heavy atom. The number of aromatic amines is 1. The molecule has 0 fully saturated rings. The zero-order chi connectivity index (χ0) is 17.9. The maximum atomic E-state index is 6.20. The number of nitrogens with one attached hydrogen (secondary N) is 3. The molecule has 5 heteroatoms. The van der Waals surface area contributed by atoms with Gasteiger partial charge in [-0.15, -0.1) is 0 Å². The number of H-pyrrole nitrogens is 1. The van der Waals surface area contributed by atoms with Gasteiger partial charge in [0, 0.05) is 28.2 Å². The van der Waals surface area contributed by atoms with Crippen LogP contribution in [0.15, 0.2) is 42.5 Å². The highest BCUT2D eigenvalue weighted by Crippen LogP contribution is 2.35. The fourth-order valence-corrected chi connectivity index (χ4v) is 3.85. The Bertz CT molecular complexity index is 888. The molecule has 1 aromatic heterocycles. The average molecular weight is 370 g/mol. The van der Waals surface area contributed by atoms with Crippen LogP contribution in [0.1, 0.15) is 29.3 Å². The summed E-state index contributed by atoms with van der Waals surface area (Å²) >= 11 is 6.20. The molecular formula is C21H24ClN3O. The molecule has 0 spiro atoms. The van der Waals surface area contributed by atoms with Crippen LogP contribution in [0.3, 0.4) is 0 Å². The second kappa shape index (κ2) is 7.70. The Balaban J connectivity index is 1.57. The molecule has 4 rings (SSSR count). The smallest absolute Gasteiger partial charge is 0.119 e. The van der Waals surface area contributed by atoms with Crippen LogP contribution in [0.4, 0.5) is 0 Å². The summed E-state index contributed by atoms with van der Waals surface area (Å²) in [5.41, 5.74) is 5.01. The van der Waals surface area contributed by atoms with Gasteiger partial charge in [0.25, 0.3) is 0 Å². The summed E-state index contributed by atoms with van der Waals surface area (Å²) in [4.78, 5) is 3.60. The first-order valence-corrected chi connectivity index (χ1v) is 9.55. The first kappa shape index (κ1) is 17.4. The van der Waals surface area contributed by atoms with Crippen molar-refractivity contribution in [3.63, 3.8) is 0 Å². The highest BCUT2D eigenvalue weighted by Gasteiger charge is 2.25. The first-order chi connectivity index (χ1) is 12.8.